The Hall–Kier alpha value is -3.56. The van der Waals surface area contributed by atoms with Crippen molar-refractivity contribution >= 4 is 50.3 Å². The van der Waals surface area contributed by atoms with Gasteiger partial charge >= 0.3 is 16.3 Å². The summed E-state index contributed by atoms with van der Waals surface area (Å²) in [4.78, 5) is 45.7. The first-order valence-electron chi connectivity index (χ1n) is 8.79. The molecular weight excluding hydrogens is 466 g/mol. The number of carbonyl (C=O) groups excluding carboxylic acids is 3. The maximum atomic E-state index is 12.7. The van der Waals surface area contributed by atoms with Crippen molar-refractivity contribution in [1.82, 2.24) is 14.6 Å². The topological polar surface area (TPSA) is 191 Å². The summed E-state index contributed by atoms with van der Waals surface area (Å²) in [6.45, 7) is -0.620. The number of nitrogen functional groups attached to an aromatic ring is 1. The highest BCUT2D eigenvalue weighted by Crippen LogP contribution is 2.25. The van der Waals surface area contributed by atoms with Crippen molar-refractivity contribution in [3.05, 3.63) is 47.0 Å². The number of amides is 2. The molecule has 2 heterocycles. The van der Waals surface area contributed by atoms with Crippen LogP contribution in [0.15, 0.2) is 40.9 Å². The number of β-lactam (4-membered cyclic amide) rings is 1. The van der Waals surface area contributed by atoms with Crippen LogP contribution in [-0.4, -0.2) is 71.6 Å². The summed E-state index contributed by atoms with van der Waals surface area (Å²) in [7, 11) is -3.78. The van der Waals surface area contributed by atoms with Gasteiger partial charge in [0.2, 0.25) is 0 Å². The molecule has 2 atom stereocenters. The second-order valence-corrected chi connectivity index (χ2v) is 8.47. The Kier molecular flexibility index (Phi) is 6.71. The van der Waals surface area contributed by atoms with E-state index in [1.54, 1.807) is 18.2 Å². The van der Waals surface area contributed by atoms with E-state index in [1.165, 1.54) is 24.6 Å². The lowest BCUT2D eigenvalue weighted by Gasteiger charge is -2.43. The summed E-state index contributed by atoms with van der Waals surface area (Å²) >= 11 is 1.03. The van der Waals surface area contributed by atoms with E-state index in [1.807, 2.05) is 0 Å². The van der Waals surface area contributed by atoms with E-state index in [4.69, 9.17) is 10.5 Å². The molecule has 1 aromatic heterocycles. The molecule has 0 aliphatic carbocycles. The number of aromatic nitrogens is 1. The van der Waals surface area contributed by atoms with Crippen LogP contribution in [0.3, 0.4) is 0 Å². The van der Waals surface area contributed by atoms with E-state index < -0.39 is 46.8 Å². The van der Waals surface area contributed by atoms with Crippen LogP contribution in [0.5, 0.6) is 0 Å². The lowest BCUT2D eigenvalue weighted by molar-refractivity contribution is -0.146. The molecule has 2 amide bonds. The molecule has 4 N–H and O–H groups in total. The van der Waals surface area contributed by atoms with Gasteiger partial charge < -0.3 is 20.6 Å². The van der Waals surface area contributed by atoms with Crippen molar-refractivity contribution in [2.24, 2.45) is 5.16 Å². The number of hydrogen-bond acceptors (Lipinski definition) is 11. The number of anilines is 1. The molecule has 1 aliphatic heterocycles. The van der Waals surface area contributed by atoms with E-state index in [0.717, 1.165) is 11.3 Å². The average Bonchev–Trinajstić information content (AvgIpc) is 3.17. The molecular formula is C17H17N5O8S2. The Morgan fingerprint density at radius 3 is 2.59 bits per heavy atom. The highest BCUT2D eigenvalue weighted by atomic mass is 32.2. The number of rotatable bonds is 8. The number of nitrogens with two attached hydrogens (primary N) is 1. The molecule has 0 spiro atoms. The maximum Gasteiger partial charge on any atom is 0.362 e. The molecule has 32 heavy (non-hydrogen) atoms. The SMILES string of the molecule is CO/N=C(\C(=O)N[C@H]1C(=O)N(S(=O)(=O)O)[C@H]1COC(=O)c1ccccc1)c1csc(N)n1. The second kappa shape index (κ2) is 9.29. The van der Waals surface area contributed by atoms with E-state index in [2.05, 4.69) is 20.3 Å². The average molecular weight is 483 g/mol. The van der Waals surface area contributed by atoms with E-state index in [-0.39, 0.29) is 26.4 Å². The van der Waals surface area contributed by atoms with Crippen LogP contribution in [0.2, 0.25) is 0 Å². The smallest absolute Gasteiger partial charge is 0.362 e. The van der Waals surface area contributed by atoms with Crippen molar-refractivity contribution in [2.75, 3.05) is 19.5 Å². The van der Waals surface area contributed by atoms with Crippen LogP contribution in [0.4, 0.5) is 5.13 Å². The molecule has 13 nitrogen and oxygen atoms in total. The van der Waals surface area contributed by atoms with Gasteiger partial charge in [0.15, 0.2) is 10.8 Å². The first-order valence-corrected chi connectivity index (χ1v) is 11.1. The van der Waals surface area contributed by atoms with Gasteiger partial charge in [0.1, 0.15) is 31.5 Å². The van der Waals surface area contributed by atoms with Crippen molar-refractivity contribution in [1.29, 1.82) is 0 Å². The molecule has 0 saturated carbocycles. The van der Waals surface area contributed by atoms with E-state index >= 15 is 0 Å². The van der Waals surface area contributed by atoms with Gasteiger partial charge in [-0.2, -0.15) is 8.42 Å². The summed E-state index contributed by atoms with van der Waals surface area (Å²) in [5.74, 6) is -2.84. The van der Waals surface area contributed by atoms with Crippen LogP contribution < -0.4 is 11.1 Å². The van der Waals surface area contributed by atoms with Gasteiger partial charge in [-0.05, 0) is 12.1 Å². The number of benzene rings is 1. The van der Waals surface area contributed by atoms with Gasteiger partial charge in [-0.15, -0.1) is 11.3 Å². The minimum Gasteiger partial charge on any atom is -0.460 e. The molecule has 0 radical (unpaired) electrons. The van der Waals surface area contributed by atoms with Gasteiger partial charge in [0.25, 0.3) is 11.8 Å². The molecule has 1 saturated heterocycles. The summed E-state index contributed by atoms with van der Waals surface area (Å²) in [5, 5.41) is 7.44. The number of ether oxygens (including phenoxy) is 1. The van der Waals surface area contributed by atoms with Crippen LogP contribution in [0, 0.1) is 0 Å². The Morgan fingerprint density at radius 1 is 1.34 bits per heavy atom. The predicted molar refractivity (Wildman–Crippen MR) is 111 cm³/mol. The van der Waals surface area contributed by atoms with Gasteiger partial charge in [-0.1, -0.05) is 23.4 Å². The fourth-order valence-corrected chi connectivity index (χ4v) is 4.26. The van der Waals surface area contributed by atoms with Crippen LogP contribution in [0.1, 0.15) is 16.1 Å². The van der Waals surface area contributed by atoms with Gasteiger partial charge in [0.05, 0.1) is 5.56 Å². The fourth-order valence-electron chi connectivity index (χ4n) is 2.85. The Morgan fingerprint density at radius 2 is 2.03 bits per heavy atom. The molecule has 15 heteroatoms. The predicted octanol–water partition coefficient (Wildman–Crippen LogP) is -0.569. The monoisotopic (exact) mass is 483 g/mol. The number of nitrogens with zero attached hydrogens (tertiary/aromatic N) is 3. The zero-order chi connectivity index (χ0) is 23.5. The lowest BCUT2D eigenvalue weighted by atomic mass is 9.99. The Balaban J connectivity index is 1.77. The first kappa shape index (κ1) is 23.1. The molecule has 2 aromatic rings. The summed E-state index contributed by atoms with van der Waals surface area (Å²) in [6.07, 6.45) is 0. The third-order valence-electron chi connectivity index (χ3n) is 4.26. The highest BCUT2D eigenvalue weighted by molar-refractivity contribution is 7.84. The number of esters is 1. The lowest BCUT2D eigenvalue weighted by Crippen LogP contribution is -2.73. The highest BCUT2D eigenvalue weighted by Gasteiger charge is 2.55. The molecule has 1 fully saturated rings. The molecule has 170 valence electrons. The summed E-state index contributed by atoms with van der Waals surface area (Å²) in [5.41, 5.74) is 5.49. The fraction of sp³-hybridized carbons (Fsp3) is 0.235. The first-order chi connectivity index (χ1) is 15.1. The normalized spacial score (nSPS) is 18.6. The Bertz CT molecular complexity index is 1160. The van der Waals surface area contributed by atoms with Crippen molar-refractivity contribution in [3.8, 4) is 0 Å². The van der Waals surface area contributed by atoms with Gasteiger partial charge in [-0.25, -0.2) is 14.1 Å². The number of thiazole rings is 1. The van der Waals surface area contributed by atoms with Crippen LogP contribution in [-0.2, 0) is 29.5 Å². The summed E-state index contributed by atoms with van der Waals surface area (Å²) < 4.78 is 37.7. The minimum atomic E-state index is -4.97. The minimum absolute atomic E-state index is 0.0670. The summed E-state index contributed by atoms with van der Waals surface area (Å²) in [6, 6.07) is 4.99. The second-order valence-electron chi connectivity index (χ2n) is 6.29. The molecule has 0 bridgehead atoms. The molecule has 0 unspecified atom stereocenters. The maximum absolute atomic E-state index is 12.7. The van der Waals surface area contributed by atoms with E-state index in [0.29, 0.717) is 0 Å². The largest absolute Gasteiger partial charge is 0.460 e. The zero-order valence-corrected chi connectivity index (χ0v) is 18.0. The van der Waals surface area contributed by atoms with Crippen LogP contribution in [0.25, 0.3) is 0 Å². The third-order valence-corrected chi connectivity index (χ3v) is 5.88. The van der Waals surface area contributed by atoms with E-state index in [9.17, 15) is 27.4 Å². The number of oxime groups is 1. The standard InChI is InChI=1S/C17H17N5O8S2/c1-29-21-12(10-8-31-17(18)19-10)14(23)20-13-11(22(15(13)24)32(26,27)28)7-30-16(25)9-5-3-2-4-6-9/h2-6,8,11,13H,7H2,1H3,(H2,18,19)(H,20,23)(H,26,27,28)/b21-12-/t11-,13+/m0/s1. The third kappa shape index (κ3) is 4.84. The number of carbonyl (C=O) groups is 3. The molecule has 3 rings (SSSR count). The molecule has 1 aromatic carbocycles. The Labute approximate surface area is 185 Å². The number of hydrogen-bond donors (Lipinski definition) is 3. The van der Waals surface area contributed by atoms with Gasteiger partial charge in [-0.3, -0.25) is 14.1 Å². The zero-order valence-electron chi connectivity index (χ0n) is 16.4. The van der Waals surface area contributed by atoms with Gasteiger partial charge in [0, 0.05) is 5.38 Å². The molecule has 1 aliphatic rings. The van der Waals surface area contributed by atoms with Crippen molar-refractivity contribution in [3.63, 3.8) is 0 Å². The van der Waals surface area contributed by atoms with Crippen molar-refractivity contribution in [2.45, 2.75) is 12.1 Å². The quantitative estimate of drug-likeness (QED) is 0.144. The van der Waals surface area contributed by atoms with Crippen molar-refractivity contribution < 1.29 is 36.9 Å². The van der Waals surface area contributed by atoms with Crippen LogP contribution >= 0.6 is 11.3 Å². The number of nitrogens with one attached hydrogen (secondary N) is 1.